The van der Waals surface area contributed by atoms with Gasteiger partial charge in [0.2, 0.25) is 0 Å². The Labute approximate surface area is 308 Å². The SMILES string of the molecule is CNC(=O)c1cccc(CN2CCC3(CC2)OCc2c3c(=O)n(CC(NCCCC(=O)O)c3ccccc3)c(=O)n2Cc2c(F)cccc2C(F)(F)F)c1. The van der Waals surface area contributed by atoms with Crippen molar-refractivity contribution in [1.82, 2.24) is 24.7 Å². The summed E-state index contributed by atoms with van der Waals surface area (Å²) < 4.78 is 66.1. The minimum Gasteiger partial charge on any atom is -0.481 e. The number of benzene rings is 3. The highest BCUT2D eigenvalue weighted by Gasteiger charge is 2.47. The number of rotatable bonds is 13. The maximum atomic E-state index is 15.3. The van der Waals surface area contributed by atoms with Crippen molar-refractivity contribution < 1.29 is 37.0 Å². The van der Waals surface area contributed by atoms with Crippen LogP contribution in [0.25, 0.3) is 0 Å². The lowest BCUT2D eigenvalue weighted by Crippen LogP contribution is -2.50. The van der Waals surface area contributed by atoms with Crippen molar-refractivity contribution in [3.8, 4) is 0 Å². The summed E-state index contributed by atoms with van der Waals surface area (Å²) in [5.41, 5.74) is -2.31. The van der Waals surface area contributed by atoms with E-state index in [9.17, 15) is 32.3 Å². The number of carbonyl (C=O) groups is 2. The van der Waals surface area contributed by atoms with E-state index in [4.69, 9.17) is 9.84 Å². The molecule has 0 radical (unpaired) electrons. The van der Waals surface area contributed by atoms with E-state index in [-0.39, 0.29) is 49.7 Å². The van der Waals surface area contributed by atoms with Crippen molar-refractivity contribution >= 4 is 11.9 Å². The number of nitrogens with one attached hydrogen (secondary N) is 2. The monoisotopic (exact) mass is 751 g/mol. The second-order valence-electron chi connectivity index (χ2n) is 13.6. The van der Waals surface area contributed by atoms with Crippen LogP contribution in [0.5, 0.6) is 0 Å². The number of ether oxygens (including phenoxy) is 1. The van der Waals surface area contributed by atoms with Gasteiger partial charge < -0.3 is 20.5 Å². The highest BCUT2D eigenvalue weighted by molar-refractivity contribution is 5.94. The zero-order valence-electron chi connectivity index (χ0n) is 29.6. The molecule has 1 fully saturated rings. The molecule has 15 heteroatoms. The summed E-state index contributed by atoms with van der Waals surface area (Å²) in [6.45, 7) is 0.404. The fourth-order valence-electron chi connectivity index (χ4n) is 7.45. The summed E-state index contributed by atoms with van der Waals surface area (Å²) in [5, 5.41) is 15.0. The average molecular weight is 752 g/mol. The van der Waals surface area contributed by atoms with Gasteiger partial charge >= 0.3 is 17.8 Å². The topological polar surface area (TPSA) is 135 Å². The molecule has 4 aromatic rings. The van der Waals surface area contributed by atoms with E-state index in [0.29, 0.717) is 43.6 Å². The normalized spacial score (nSPS) is 15.9. The lowest BCUT2D eigenvalue weighted by molar-refractivity contribution is -0.138. The van der Waals surface area contributed by atoms with E-state index in [0.717, 1.165) is 32.9 Å². The van der Waals surface area contributed by atoms with Gasteiger partial charge in [0.1, 0.15) is 11.4 Å². The summed E-state index contributed by atoms with van der Waals surface area (Å²) in [7, 11) is 1.55. The van der Waals surface area contributed by atoms with E-state index < -0.39 is 58.5 Å². The van der Waals surface area contributed by atoms with Gasteiger partial charge in [0.15, 0.2) is 0 Å². The number of alkyl halides is 3. The number of carbonyl (C=O) groups excluding carboxylic acids is 1. The molecule has 0 aliphatic carbocycles. The fraction of sp³-hybridized carbons (Fsp3) is 0.385. The number of fused-ring (bicyclic) bond motifs is 2. The smallest absolute Gasteiger partial charge is 0.416 e. The van der Waals surface area contributed by atoms with Crippen molar-refractivity contribution in [2.24, 2.45) is 0 Å². The van der Waals surface area contributed by atoms with Gasteiger partial charge in [-0.3, -0.25) is 28.4 Å². The number of likely N-dealkylation sites (tertiary alicyclic amines) is 1. The van der Waals surface area contributed by atoms with Crippen LogP contribution in [0.4, 0.5) is 17.6 Å². The van der Waals surface area contributed by atoms with Gasteiger partial charge in [-0.15, -0.1) is 0 Å². The third kappa shape index (κ3) is 8.17. The predicted octanol–water partition coefficient (Wildman–Crippen LogP) is 4.79. The molecule has 3 aromatic carbocycles. The maximum Gasteiger partial charge on any atom is 0.416 e. The summed E-state index contributed by atoms with van der Waals surface area (Å²) >= 11 is 0. The Morgan fingerprint density at radius 1 is 0.963 bits per heavy atom. The Kier molecular flexibility index (Phi) is 11.5. The molecule has 0 bridgehead atoms. The molecule has 1 saturated heterocycles. The molecule has 1 spiro atoms. The first-order valence-corrected chi connectivity index (χ1v) is 17.7. The number of carboxylic acids is 1. The van der Waals surface area contributed by atoms with Crippen LogP contribution in [0.1, 0.15) is 75.6 Å². The number of nitrogens with zero attached hydrogens (tertiary/aromatic N) is 3. The number of hydrogen-bond acceptors (Lipinski definition) is 7. The summed E-state index contributed by atoms with van der Waals surface area (Å²) in [4.78, 5) is 54.5. The van der Waals surface area contributed by atoms with Crippen LogP contribution >= 0.6 is 0 Å². The van der Waals surface area contributed by atoms with Gasteiger partial charge in [0, 0.05) is 44.2 Å². The second-order valence-corrected chi connectivity index (χ2v) is 13.6. The van der Waals surface area contributed by atoms with Crippen molar-refractivity contribution in [3.63, 3.8) is 0 Å². The fourth-order valence-corrected chi connectivity index (χ4v) is 7.45. The number of piperidine rings is 1. The van der Waals surface area contributed by atoms with Gasteiger partial charge in [-0.1, -0.05) is 48.5 Å². The summed E-state index contributed by atoms with van der Waals surface area (Å²) in [5.74, 6) is -2.34. The first-order valence-electron chi connectivity index (χ1n) is 17.7. The average Bonchev–Trinajstić information content (AvgIpc) is 3.52. The molecule has 1 amide bonds. The van der Waals surface area contributed by atoms with Crippen molar-refractivity contribution in [1.29, 1.82) is 0 Å². The number of hydrogen-bond donors (Lipinski definition) is 3. The molecule has 11 nitrogen and oxygen atoms in total. The van der Waals surface area contributed by atoms with Crippen LogP contribution in [0, 0.1) is 5.82 Å². The van der Waals surface area contributed by atoms with Crippen LogP contribution < -0.4 is 21.9 Å². The van der Waals surface area contributed by atoms with E-state index in [2.05, 4.69) is 15.5 Å². The van der Waals surface area contributed by atoms with Gasteiger partial charge in [-0.05, 0) is 61.2 Å². The van der Waals surface area contributed by atoms with Gasteiger partial charge in [0.05, 0.1) is 42.6 Å². The molecule has 1 unspecified atom stereocenters. The molecule has 54 heavy (non-hydrogen) atoms. The van der Waals surface area contributed by atoms with E-state index in [1.807, 2.05) is 6.07 Å². The molecule has 3 N–H and O–H groups in total. The Morgan fingerprint density at radius 2 is 1.69 bits per heavy atom. The molecular weight excluding hydrogens is 710 g/mol. The molecule has 1 atom stereocenters. The Hall–Kier alpha value is -5.12. The molecule has 0 saturated carbocycles. The van der Waals surface area contributed by atoms with E-state index in [1.54, 1.807) is 55.6 Å². The predicted molar refractivity (Wildman–Crippen MR) is 190 cm³/mol. The standard InChI is InChI=1S/C39H41F4N5O6/c1-44-35(51)27-11-5-8-25(20-27)21-46-18-15-38(16-19-46)34-32(24-54-38)47(22-28-29(39(41,42)43)12-6-13-30(28)40)37(53)48(36(34)52)23-31(26-9-3-2-4-10-26)45-17-7-14-33(49)50/h2-6,8-13,20,31,45H,7,14-19,21-24H2,1H3,(H,44,51)(H,49,50). The molecule has 3 heterocycles. The largest absolute Gasteiger partial charge is 0.481 e. The van der Waals surface area contributed by atoms with Gasteiger partial charge in [0.25, 0.3) is 11.5 Å². The highest BCUT2D eigenvalue weighted by Crippen LogP contribution is 2.43. The second kappa shape index (κ2) is 16.1. The molecular formula is C39H41F4N5O6. The Balaban J connectivity index is 1.39. The lowest BCUT2D eigenvalue weighted by Gasteiger charge is -2.39. The Bertz CT molecular complexity index is 2130. The van der Waals surface area contributed by atoms with Crippen LogP contribution in [0.15, 0.2) is 82.4 Å². The van der Waals surface area contributed by atoms with E-state index >= 15 is 4.39 Å². The summed E-state index contributed by atoms with van der Waals surface area (Å²) in [6.07, 6.45) is -4.11. The summed E-state index contributed by atoms with van der Waals surface area (Å²) in [6, 6.07) is 18.1. The number of aromatic nitrogens is 2. The van der Waals surface area contributed by atoms with Crippen LogP contribution in [0.2, 0.25) is 0 Å². The third-order valence-electron chi connectivity index (χ3n) is 10.2. The van der Waals surface area contributed by atoms with Crippen molar-refractivity contribution in [3.05, 3.63) is 139 Å². The van der Waals surface area contributed by atoms with Crippen LogP contribution in [0.3, 0.4) is 0 Å². The van der Waals surface area contributed by atoms with Crippen LogP contribution in [-0.4, -0.2) is 57.7 Å². The van der Waals surface area contributed by atoms with Crippen molar-refractivity contribution in [2.45, 2.75) is 69.7 Å². The quantitative estimate of drug-likeness (QED) is 0.131. The zero-order chi connectivity index (χ0) is 38.6. The number of halogens is 4. The molecule has 2 aliphatic rings. The minimum atomic E-state index is -4.92. The molecule has 2 aliphatic heterocycles. The maximum absolute atomic E-state index is 15.3. The zero-order valence-corrected chi connectivity index (χ0v) is 29.6. The number of carboxylic acid groups (broad SMARTS) is 1. The van der Waals surface area contributed by atoms with E-state index in [1.165, 1.54) is 0 Å². The molecule has 6 rings (SSSR count). The minimum absolute atomic E-state index is 0.107. The lowest BCUT2D eigenvalue weighted by atomic mass is 9.85. The first-order chi connectivity index (χ1) is 25.8. The first kappa shape index (κ1) is 38.6. The number of amides is 1. The van der Waals surface area contributed by atoms with Crippen molar-refractivity contribution in [2.75, 3.05) is 26.7 Å². The Morgan fingerprint density at radius 3 is 2.37 bits per heavy atom. The van der Waals surface area contributed by atoms with Crippen LogP contribution in [-0.2, 0) is 47.5 Å². The van der Waals surface area contributed by atoms with Gasteiger partial charge in [-0.2, -0.15) is 13.2 Å². The highest BCUT2D eigenvalue weighted by atomic mass is 19.4. The molecule has 286 valence electrons. The molecule has 1 aromatic heterocycles. The third-order valence-corrected chi connectivity index (χ3v) is 10.2. The van der Waals surface area contributed by atoms with Gasteiger partial charge in [-0.25, -0.2) is 9.18 Å². The number of aliphatic carboxylic acids is 1.